The van der Waals surface area contributed by atoms with Crippen LogP contribution in [0.5, 0.6) is 5.75 Å². The minimum atomic E-state index is -0.135. The summed E-state index contributed by atoms with van der Waals surface area (Å²) in [5, 5.41) is 4.74. The lowest BCUT2D eigenvalue weighted by molar-refractivity contribution is -0.132. The summed E-state index contributed by atoms with van der Waals surface area (Å²) in [7, 11) is 0. The molecule has 1 aliphatic rings. The van der Waals surface area contributed by atoms with Gasteiger partial charge in [0.15, 0.2) is 0 Å². The quantitative estimate of drug-likeness (QED) is 0.714. The van der Waals surface area contributed by atoms with E-state index in [1.807, 2.05) is 42.2 Å². The highest BCUT2D eigenvalue weighted by Crippen LogP contribution is 2.24. The van der Waals surface area contributed by atoms with Crippen LogP contribution >= 0.6 is 0 Å². The van der Waals surface area contributed by atoms with Crippen molar-refractivity contribution in [3.63, 3.8) is 0 Å². The van der Waals surface area contributed by atoms with E-state index in [1.54, 1.807) is 10.7 Å². The number of ether oxygens (including phenoxy) is 1. The second kappa shape index (κ2) is 7.23. The Morgan fingerprint density at radius 1 is 1.19 bits per heavy atom. The number of rotatable bonds is 4. The van der Waals surface area contributed by atoms with Crippen molar-refractivity contribution in [2.75, 3.05) is 13.2 Å². The van der Waals surface area contributed by atoms with Crippen LogP contribution in [0.4, 0.5) is 0 Å². The molecule has 0 N–H and O–H groups in total. The van der Waals surface area contributed by atoms with Crippen molar-refractivity contribution in [3.8, 4) is 5.75 Å². The summed E-state index contributed by atoms with van der Waals surface area (Å²) < 4.78 is 7.18. The van der Waals surface area contributed by atoms with Crippen LogP contribution in [0.1, 0.15) is 18.1 Å². The highest BCUT2D eigenvalue weighted by atomic mass is 16.5. The van der Waals surface area contributed by atoms with Crippen LogP contribution in [0.2, 0.25) is 0 Å². The minimum absolute atomic E-state index is 0.0104. The first-order chi connectivity index (χ1) is 13.2. The Hall–Kier alpha value is -3.15. The van der Waals surface area contributed by atoms with E-state index in [-0.39, 0.29) is 17.9 Å². The van der Waals surface area contributed by atoms with Crippen molar-refractivity contribution in [2.24, 2.45) is 0 Å². The van der Waals surface area contributed by atoms with Crippen molar-refractivity contribution in [2.45, 2.75) is 26.4 Å². The van der Waals surface area contributed by atoms with Gasteiger partial charge in [0.1, 0.15) is 12.3 Å². The molecule has 0 aliphatic carbocycles. The zero-order valence-corrected chi connectivity index (χ0v) is 15.2. The SMILES string of the molecule is CCOc1ccc2c(c1)CN(C(=O)Cn1ncc(=O)c3ccccc31)CC2. The standard InChI is InChI=1S/C21H21N3O3/c1-2-27-17-8-7-15-9-10-23(13-16(15)11-17)21(26)14-24-19-6-4-3-5-18(19)20(25)12-22-24/h3-8,11-12H,2,9-10,13-14H2,1H3. The van der Waals surface area contributed by atoms with Crippen LogP contribution in [0.3, 0.4) is 0 Å². The van der Waals surface area contributed by atoms with Crippen LogP contribution in [0.15, 0.2) is 53.5 Å². The Morgan fingerprint density at radius 2 is 2.04 bits per heavy atom. The number of para-hydroxylation sites is 1. The number of benzene rings is 2. The van der Waals surface area contributed by atoms with Crippen molar-refractivity contribution in [1.29, 1.82) is 0 Å². The molecule has 0 fully saturated rings. The zero-order valence-electron chi connectivity index (χ0n) is 15.2. The number of hydrogen-bond donors (Lipinski definition) is 0. The predicted octanol–water partition coefficient (Wildman–Crippen LogP) is 2.38. The molecule has 0 saturated carbocycles. The van der Waals surface area contributed by atoms with Gasteiger partial charge < -0.3 is 9.64 Å². The largest absolute Gasteiger partial charge is 0.494 e. The van der Waals surface area contributed by atoms with Gasteiger partial charge in [-0.3, -0.25) is 14.3 Å². The van der Waals surface area contributed by atoms with E-state index in [0.717, 1.165) is 17.7 Å². The third-order valence-electron chi connectivity index (χ3n) is 4.90. The Morgan fingerprint density at radius 3 is 2.89 bits per heavy atom. The number of carbonyl (C=O) groups excluding carboxylic acids is 1. The van der Waals surface area contributed by atoms with Crippen molar-refractivity contribution in [1.82, 2.24) is 14.7 Å². The summed E-state index contributed by atoms with van der Waals surface area (Å²) in [4.78, 5) is 26.7. The van der Waals surface area contributed by atoms with Crippen molar-refractivity contribution in [3.05, 3.63) is 70.0 Å². The minimum Gasteiger partial charge on any atom is -0.494 e. The Labute approximate surface area is 157 Å². The van der Waals surface area contributed by atoms with Crippen LogP contribution in [0.25, 0.3) is 10.9 Å². The molecule has 6 nitrogen and oxygen atoms in total. The van der Waals surface area contributed by atoms with E-state index in [2.05, 4.69) is 11.2 Å². The predicted molar refractivity (Wildman–Crippen MR) is 103 cm³/mol. The summed E-state index contributed by atoms with van der Waals surface area (Å²) in [5.74, 6) is 0.822. The maximum atomic E-state index is 12.9. The Bertz CT molecular complexity index is 1060. The second-order valence-corrected chi connectivity index (χ2v) is 6.61. The molecule has 1 amide bonds. The molecule has 4 rings (SSSR count). The first-order valence-corrected chi connectivity index (χ1v) is 9.13. The molecule has 27 heavy (non-hydrogen) atoms. The number of fused-ring (bicyclic) bond motifs is 2. The average molecular weight is 363 g/mol. The van der Waals surface area contributed by atoms with Gasteiger partial charge in [0.25, 0.3) is 0 Å². The maximum absolute atomic E-state index is 12.9. The third-order valence-corrected chi connectivity index (χ3v) is 4.90. The topological polar surface area (TPSA) is 64.4 Å². The van der Waals surface area contributed by atoms with Crippen LogP contribution < -0.4 is 10.2 Å². The number of aromatic nitrogens is 2. The van der Waals surface area contributed by atoms with Crippen LogP contribution in [0, 0.1) is 0 Å². The molecule has 138 valence electrons. The zero-order chi connectivity index (χ0) is 18.8. The number of amides is 1. The molecule has 6 heteroatoms. The molecule has 2 heterocycles. The molecule has 3 aromatic rings. The summed E-state index contributed by atoms with van der Waals surface area (Å²) in [6.45, 7) is 3.93. The van der Waals surface area contributed by atoms with Gasteiger partial charge in [-0.15, -0.1) is 0 Å². The van der Waals surface area contributed by atoms with Gasteiger partial charge in [-0.2, -0.15) is 5.10 Å². The van der Waals surface area contributed by atoms with Gasteiger partial charge in [-0.1, -0.05) is 18.2 Å². The Balaban J connectivity index is 1.56. The molecular weight excluding hydrogens is 342 g/mol. The highest BCUT2D eigenvalue weighted by Gasteiger charge is 2.22. The normalized spacial score (nSPS) is 13.4. The highest BCUT2D eigenvalue weighted by molar-refractivity contribution is 5.81. The monoisotopic (exact) mass is 363 g/mol. The maximum Gasteiger partial charge on any atom is 0.244 e. The lowest BCUT2D eigenvalue weighted by atomic mass is 9.99. The second-order valence-electron chi connectivity index (χ2n) is 6.61. The molecule has 1 aliphatic heterocycles. The third kappa shape index (κ3) is 3.43. The van der Waals surface area contributed by atoms with E-state index in [0.29, 0.717) is 30.6 Å². The fraction of sp³-hybridized carbons (Fsp3) is 0.286. The van der Waals surface area contributed by atoms with Gasteiger partial charge >= 0.3 is 0 Å². The molecular formula is C21H21N3O3. The molecule has 2 aromatic carbocycles. The number of hydrogen-bond acceptors (Lipinski definition) is 4. The fourth-order valence-electron chi connectivity index (χ4n) is 3.52. The summed E-state index contributed by atoms with van der Waals surface area (Å²) >= 11 is 0. The first kappa shape index (κ1) is 17.3. The molecule has 0 unspecified atom stereocenters. The fourth-order valence-corrected chi connectivity index (χ4v) is 3.52. The van der Waals surface area contributed by atoms with Gasteiger partial charge in [0, 0.05) is 18.5 Å². The molecule has 0 saturated heterocycles. The number of nitrogens with zero attached hydrogens (tertiary/aromatic N) is 3. The van der Waals surface area contributed by atoms with E-state index in [4.69, 9.17) is 4.74 Å². The van der Waals surface area contributed by atoms with Gasteiger partial charge in [-0.05, 0) is 48.7 Å². The summed E-state index contributed by atoms with van der Waals surface area (Å²) in [6.07, 6.45) is 2.10. The summed E-state index contributed by atoms with van der Waals surface area (Å²) in [6, 6.07) is 13.3. The van der Waals surface area contributed by atoms with Crippen LogP contribution in [-0.2, 0) is 24.3 Å². The van der Waals surface area contributed by atoms with Crippen molar-refractivity contribution >= 4 is 16.8 Å². The lowest BCUT2D eigenvalue weighted by Crippen LogP contribution is -2.38. The van der Waals surface area contributed by atoms with E-state index < -0.39 is 0 Å². The van der Waals surface area contributed by atoms with Crippen molar-refractivity contribution < 1.29 is 9.53 Å². The van der Waals surface area contributed by atoms with Gasteiger partial charge in [0.2, 0.25) is 11.3 Å². The van der Waals surface area contributed by atoms with E-state index >= 15 is 0 Å². The van der Waals surface area contributed by atoms with Crippen LogP contribution in [-0.4, -0.2) is 33.7 Å². The summed E-state index contributed by atoms with van der Waals surface area (Å²) in [5.41, 5.74) is 2.92. The Kier molecular flexibility index (Phi) is 4.62. The van der Waals surface area contributed by atoms with Gasteiger partial charge in [0.05, 0.1) is 18.3 Å². The van der Waals surface area contributed by atoms with E-state index in [9.17, 15) is 9.59 Å². The smallest absolute Gasteiger partial charge is 0.244 e. The lowest BCUT2D eigenvalue weighted by Gasteiger charge is -2.29. The molecule has 0 bridgehead atoms. The first-order valence-electron chi connectivity index (χ1n) is 9.13. The van der Waals surface area contributed by atoms with Gasteiger partial charge in [-0.25, -0.2) is 0 Å². The average Bonchev–Trinajstić information content (AvgIpc) is 2.70. The number of carbonyl (C=O) groups is 1. The van der Waals surface area contributed by atoms with E-state index in [1.165, 1.54) is 11.8 Å². The molecule has 0 atom stereocenters. The molecule has 0 spiro atoms. The molecule has 0 radical (unpaired) electrons. The molecule has 1 aromatic heterocycles.